The minimum absolute atomic E-state index is 0.185. The summed E-state index contributed by atoms with van der Waals surface area (Å²) in [5.41, 5.74) is 1.26. The summed E-state index contributed by atoms with van der Waals surface area (Å²) in [5.74, 6) is -0.407. The van der Waals surface area contributed by atoms with Gasteiger partial charge in [-0.15, -0.1) is 0 Å². The number of hydrogen-bond donors (Lipinski definition) is 1. The molecule has 0 unspecified atom stereocenters. The highest BCUT2D eigenvalue weighted by molar-refractivity contribution is 7.90. The van der Waals surface area contributed by atoms with Crippen molar-refractivity contribution in [1.29, 1.82) is 0 Å². The molecule has 2 aromatic carbocycles. The highest BCUT2D eigenvalue weighted by Crippen LogP contribution is 2.13. The van der Waals surface area contributed by atoms with Crippen LogP contribution in [0.15, 0.2) is 58.6 Å². The van der Waals surface area contributed by atoms with Crippen LogP contribution in [-0.2, 0) is 19.5 Å². The van der Waals surface area contributed by atoms with Gasteiger partial charge in [-0.3, -0.25) is 4.79 Å². The van der Waals surface area contributed by atoms with Gasteiger partial charge >= 0.3 is 0 Å². The zero-order valence-electron chi connectivity index (χ0n) is 12.8. The van der Waals surface area contributed by atoms with Gasteiger partial charge in [-0.1, -0.05) is 28.9 Å². The molecule has 2 aromatic rings. The van der Waals surface area contributed by atoms with Crippen molar-refractivity contribution in [3.63, 3.8) is 0 Å². The van der Waals surface area contributed by atoms with Gasteiger partial charge in [0.25, 0.3) is 5.91 Å². The molecule has 0 aliphatic heterocycles. The Balaban J connectivity index is 1.82. The number of halogens is 1. The number of hydrogen-bond acceptors (Lipinski definition) is 5. The lowest BCUT2D eigenvalue weighted by Gasteiger charge is -2.05. The van der Waals surface area contributed by atoms with E-state index in [1.54, 1.807) is 24.3 Å². The highest BCUT2D eigenvalue weighted by atomic mass is 35.5. The molecular formula is C16H15ClN2O4S. The van der Waals surface area contributed by atoms with E-state index in [9.17, 15) is 13.2 Å². The maximum Gasteiger partial charge on any atom is 0.265 e. The van der Waals surface area contributed by atoms with Crippen molar-refractivity contribution in [2.75, 3.05) is 18.2 Å². The normalized spacial score (nSPS) is 11.4. The lowest BCUT2D eigenvalue weighted by Crippen LogP contribution is -2.17. The van der Waals surface area contributed by atoms with E-state index >= 15 is 0 Å². The number of amides is 1. The van der Waals surface area contributed by atoms with Gasteiger partial charge in [0, 0.05) is 17.0 Å². The largest absolute Gasteiger partial charge is 0.386 e. The summed E-state index contributed by atoms with van der Waals surface area (Å²) in [7, 11) is -3.26. The number of nitrogens with zero attached hydrogens (tertiary/aromatic N) is 1. The van der Waals surface area contributed by atoms with Crippen molar-refractivity contribution in [2.45, 2.75) is 4.90 Å². The Morgan fingerprint density at radius 3 is 2.38 bits per heavy atom. The molecule has 0 saturated heterocycles. The average Bonchev–Trinajstić information content (AvgIpc) is 2.53. The molecule has 2 rings (SSSR count). The van der Waals surface area contributed by atoms with Crippen LogP contribution < -0.4 is 5.32 Å². The highest BCUT2D eigenvalue weighted by Gasteiger charge is 2.07. The third-order valence-corrected chi connectivity index (χ3v) is 4.29. The van der Waals surface area contributed by atoms with Crippen LogP contribution in [0.4, 0.5) is 5.69 Å². The van der Waals surface area contributed by atoms with Crippen LogP contribution >= 0.6 is 11.6 Å². The fraction of sp³-hybridized carbons (Fsp3) is 0.125. The van der Waals surface area contributed by atoms with E-state index in [1.807, 2.05) is 0 Å². The molecule has 0 bridgehead atoms. The van der Waals surface area contributed by atoms with Gasteiger partial charge in [0.05, 0.1) is 11.1 Å². The third-order valence-electron chi connectivity index (χ3n) is 2.91. The molecule has 0 aliphatic rings. The Labute approximate surface area is 145 Å². The van der Waals surface area contributed by atoms with Crippen molar-refractivity contribution in [1.82, 2.24) is 0 Å². The number of anilines is 1. The van der Waals surface area contributed by atoms with Crippen molar-refractivity contribution in [3.8, 4) is 0 Å². The van der Waals surface area contributed by atoms with Crippen LogP contribution in [0.25, 0.3) is 0 Å². The predicted molar refractivity (Wildman–Crippen MR) is 93.2 cm³/mol. The predicted octanol–water partition coefficient (Wildman–Crippen LogP) is 2.73. The number of rotatable bonds is 6. The second kappa shape index (κ2) is 7.94. The van der Waals surface area contributed by atoms with E-state index in [0.29, 0.717) is 10.7 Å². The molecule has 0 fully saturated rings. The number of sulfone groups is 1. The first-order chi connectivity index (χ1) is 11.3. The van der Waals surface area contributed by atoms with Gasteiger partial charge in [0.1, 0.15) is 0 Å². The Hall–Kier alpha value is -2.38. The molecule has 1 amide bonds. The number of nitrogens with one attached hydrogen (secondary N) is 1. The van der Waals surface area contributed by atoms with Crippen molar-refractivity contribution >= 4 is 39.2 Å². The molecule has 1 N–H and O–H groups in total. The van der Waals surface area contributed by atoms with Crippen LogP contribution in [0.2, 0.25) is 5.02 Å². The Morgan fingerprint density at radius 2 is 1.79 bits per heavy atom. The van der Waals surface area contributed by atoms with Crippen LogP contribution in [0, 0.1) is 0 Å². The molecule has 0 spiro atoms. The SMILES string of the molecule is CS(=O)(=O)c1ccc(NC(=O)CO/N=C/c2ccc(Cl)cc2)cc1. The zero-order chi connectivity index (χ0) is 17.6. The topological polar surface area (TPSA) is 84.8 Å². The van der Waals surface area contributed by atoms with Crippen molar-refractivity contribution < 1.29 is 18.0 Å². The summed E-state index contributed by atoms with van der Waals surface area (Å²) < 4.78 is 22.7. The maximum absolute atomic E-state index is 11.7. The Kier molecular flexibility index (Phi) is 5.94. The van der Waals surface area contributed by atoms with Crippen LogP contribution in [0.1, 0.15) is 5.56 Å². The molecule has 24 heavy (non-hydrogen) atoms. The Bertz CT molecular complexity index is 831. The van der Waals surface area contributed by atoms with E-state index in [4.69, 9.17) is 16.4 Å². The van der Waals surface area contributed by atoms with Crippen LogP contribution in [0.3, 0.4) is 0 Å². The summed E-state index contributed by atoms with van der Waals surface area (Å²) in [5, 5.41) is 6.89. The molecule has 0 heterocycles. The lowest BCUT2D eigenvalue weighted by molar-refractivity contribution is -0.120. The minimum Gasteiger partial charge on any atom is -0.386 e. The molecule has 6 nitrogen and oxygen atoms in total. The molecular weight excluding hydrogens is 352 g/mol. The fourth-order valence-electron chi connectivity index (χ4n) is 1.73. The van der Waals surface area contributed by atoms with Crippen LogP contribution in [-0.4, -0.2) is 33.4 Å². The summed E-state index contributed by atoms with van der Waals surface area (Å²) in [6, 6.07) is 12.8. The van der Waals surface area contributed by atoms with Gasteiger partial charge in [-0.25, -0.2) is 8.42 Å². The second-order valence-electron chi connectivity index (χ2n) is 4.90. The van der Waals surface area contributed by atoms with Gasteiger partial charge in [0.2, 0.25) is 0 Å². The first kappa shape index (κ1) is 18.0. The van der Waals surface area contributed by atoms with Crippen molar-refractivity contribution in [3.05, 3.63) is 59.1 Å². The summed E-state index contributed by atoms with van der Waals surface area (Å²) in [6.07, 6.45) is 2.58. The lowest BCUT2D eigenvalue weighted by atomic mass is 10.2. The van der Waals surface area contributed by atoms with E-state index in [-0.39, 0.29) is 11.5 Å². The molecule has 0 aromatic heterocycles. The van der Waals surface area contributed by atoms with E-state index in [2.05, 4.69) is 10.5 Å². The van der Waals surface area contributed by atoms with E-state index < -0.39 is 15.7 Å². The van der Waals surface area contributed by atoms with Crippen molar-refractivity contribution in [2.24, 2.45) is 5.16 Å². The number of carbonyl (C=O) groups excluding carboxylic acids is 1. The molecule has 0 saturated carbocycles. The molecule has 0 radical (unpaired) electrons. The number of carbonyl (C=O) groups is 1. The van der Waals surface area contributed by atoms with Crippen LogP contribution in [0.5, 0.6) is 0 Å². The first-order valence-electron chi connectivity index (χ1n) is 6.85. The van der Waals surface area contributed by atoms with Gasteiger partial charge < -0.3 is 10.2 Å². The Morgan fingerprint density at radius 1 is 1.17 bits per heavy atom. The quantitative estimate of drug-likeness (QED) is 0.629. The summed E-state index contributed by atoms with van der Waals surface area (Å²) in [6.45, 7) is -0.266. The first-order valence-corrected chi connectivity index (χ1v) is 9.12. The monoisotopic (exact) mass is 366 g/mol. The summed E-state index contributed by atoms with van der Waals surface area (Å²) >= 11 is 5.76. The number of benzene rings is 2. The van der Waals surface area contributed by atoms with Gasteiger partial charge in [-0.2, -0.15) is 0 Å². The van der Waals surface area contributed by atoms with E-state index in [1.165, 1.54) is 30.5 Å². The molecule has 8 heteroatoms. The number of oxime groups is 1. The van der Waals surface area contributed by atoms with Gasteiger partial charge in [-0.05, 0) is 42.0 Å². The minimum atomic E-state index is -3.26. The molecule has 0 atom stereocenters. The standard InChI is InChI=1S/C16H15ClN2O4S/c1-24(21,22)15-8-6-14(7-9-15)19-16(20)11-23-18-10-12-2-4-13(17)5-3-12/h2-10H,11H2,1H3,(H,19,20)/b18-10+. The second-order valence-corrected chi connectivity index (χ2v) is 7.36. The summed E-state index contributed by atoms with van der Waals surface area (Å²) in [4.78, 5) is 16.8. The third kappa shape index (κ3) is 5.68. The molecule has 0 aliphatic carbocycles. The average molecular weight is 367 g/mol. The van der Waals surface area contributed by atoms with Gasteiger partial charge in [0.15, 0.2) is 16.4 Å². The van der Waals surface area contributed by atoms with E-state index in [0.717, 1.165) is 11.8 Å². The smallest absolute Gasteiger partial charge is 0.265 e. The zero-order valence-corrected chi connectivity index (χ0v) is 14.3. The maximum atomic E-state index is 11.7. The fourth-order valence-corrected chi connectivity index (χ4v) is 2.48. The molecule has 126 valence electrons.